The number of rotatable bonds is 6. The Bertz CT molecular complexity index is 108. The van der Waals surface area contributed by atoms with Gasteiger partial charge in [0.15, 0.2) is 0 Å². The smallest absolute Gasteiger partial charge is 0.0280 e. The summed E-state index contributed by atoms with van der Waals surface area (Å²) in [4.78, 5) is 0. The summed E-state index contributed by atoms with van der Waals surface area (Å²) in [5.74, 6) is 1.84. The first-order valence-electron chi connectivity index (χ1n) is 5.97. The second kappa shape index (κ2) is 6.91. The first-order chi connectivity index (χ1) is 5.97. The van der Waals surface area contributed by atoms with E-state index in [4.69, 9.17) is 0 Å². The van der Waals surface area contributed by atoms with Crippen molar-refractivity contribution in [3.8, 4) is 0 Å². The van der Waals surface area contributed by atoms with Crippen LogP contribution in [0.25, 0.3) is 0 Å². The van der Waals surface area contributed by atoms with Crippen molar-refractivity contribution < 1.29 is 0 Å². The molecule has 0 fully saturated rings. The summed E-state index contributed by atoms with van der Waals surface area (Å²) < 4.78 is 1.05. The Morgan fingerprint density at radius 1 is 0.846 bits per heavy atom. The lowest BCUT2D eigenvalue weighted by Crippen LogP contribution is -2.22. The van der Waals surface area contributed by atoms with Crippen LogP contribution in [0.3, 0.4) is 0 Å². The predicted molar refractivity (Wildman–Crippen MR) is 64.8 cm³/mol. The Morgan fingerprint density at radius 2 is 1.23 bits per heavy atom. The van der Waals surface area contributed by atoms with E-state index in [-0.39, 0.29) is 0 Å². The summed E-state index contributed by atoms with van der Waals surface area (Å²) in [6, 6.07) is 0. The zero-order valence-electron chi connectivity index (χ0n) is 10.4. The molecule has 0 spiro atoms. The molecule has 0 nitrogen and oxygen atoms in total. The zero-order valence-corrected chi connectivity index (χ0v) is 11.6. The van der Waals surface area contributed by atoms with Gasteiger partial charge in [-0.05, 0) is 14.1 Å². The average molecular weight is 198 g/mol. The van der Waals surface area contributed by atoms with Crippen molar-refractivity contribution in [1.29, 1.82) is 0 Å². The molecule has 0 saturated heterocycles. The van der Waals surface area contributed by atoms with Crippen molar-refractivity contribution >= 4 is 14.1 Å². The topological polar surface area (TPSA) is 0 Å². The molecule has 0 saturated carbocycles. The van der Waals surface area contributed by atoms with Crippen molar-refractivity contribution in [2.45, 2.75) is 63.3 Å². The predicted octanol–water partition coefficient (Wildman–Crippen LogP) is 4.59. The molecular weight excluding hydrogens is 171 g/mol. The molecule has 1 unspecified atom stereocenters. The fourth-order valence-electron chi connectivity index (χ4n) is 2.11. The Labute approximate surface area is 89.5 Å². The Hall–Kier alpha value is 0.532. The monoisotopic (exact) mass is 198 g/mol. The van der Waals surface area contributed by atoms with Crippen LogP contribution < -0.4 is 0 Å². The van der Waals surface area contributed by atoms with E-state index in [1.807, 2.05) is 0 Å². The van der Waals surface area contributed by atoms with Crippen LogP contribution in [0.15, 0.2) is 0 Å². The highest BCUT2D eigenvalue weighted by molar-refractivity contribution is 6.60. The largest absolute Gasteiger partial charge is 0.220 e. The van der Waals surface area contributed by atoms with Crippen LogP contribution in [0.5, 0.6) is 0 Å². The minimum absolute atomic E-state index is 0.444. The first kappa shape index (κ1) is 13.5. The fraction of sp³-hybridized carbons (Fsp3) is 1.00. The van der Waals surface area contributed by atoms with E-state index in [1.54, 1.807) is 10.6 Å². The van der Waals surface area contributed by atoms with Gasteiger partial charge in [0.05, 0.1) is 0 Å². The van der Waals surface area contributed by atoms with Crippen molar-refractivity contribution in [1.82, 2.24) is 0 Å². The van der Waals surface area contributed by atoms with Gasteiger partial charge >= 0.3 is 0 Å². The fourth-order valence-corrected chi connectivity index (χ4v) is 6.32. The van der Waals surface area contributed by atoms with Gasteiger partial charge in [-0.25, -0.2) is 15.3 Å². The van der Waals surface area contributed by atoms with Crippen molar-refractivity contribution in [3.63, 3.8) is 0 Å². The molecule has 0 rings (SSSR count). The van der Waals surface area contributed by atoms with E-state index in [0.29, 0.717) is 0 Å². The maximum absolute atomic E-state index is 2.47. The molecule has 0 amide bonds. The van der Waals surface area contributed by atoms with Gasteiger partial charge in [0.2, 0.25) is 0 Å². The van der Waals surface area contributed by atoms with E-state index < -0.39 is 14.1 Å². The molecule has 0 aliphatic carbocycles. The van der Waals surface area contributed by atoms with E-state index in [9.17, 15) is 0 Å². The van der Waals surface area contributed by atoms with Crippen LogP contribution in [-0.4, -0.2) is 14.1 Å². The van der Waals surface area contributed by atoms with Gasteiger partial charge in [-0.2, -0.15) is 0 Å². The molecule has 0 aliphatic rings. The molecule has 0 aromatic heterocycles. The van der Waals surface area contributed by atoms with Gasteiger partial charge in [-0.1, -0.05) is 52.9 Å². The number of hydrogen-bond donors (Lipinski definition) is 0. The van der Waals surface area contributed by atoms with Crippen molar-refractivity contribution in [3.05, 3.63) is 0 Å². The summed E-state index contributed by atoms with van der Waals surface area (Å²) >= 11 is -0.444. The molecule has 1 atom stereocenters. The summed E-state index contributed by atoms with van der Waals surface area (Å²) in [5, 5.41) is 3.10. The van der Waals surface area contributed by atoms with E-state index >= 15 is 0 Å². The molecule has 0 aromatic carbocycles. The maximum atomic E-state index is 2.47. The van der Waals surface area contributed by atoms with Gasteiger partial charge in [0.1, 0.15) is 0 Å². The molecule has 0 N–H and O–H groups in total. The van der Waals surface area contributed by atoms with E-state index in [0.717, 1.165) is 16.6 Å². The van der Waals surface area contributed by atoms with Gasteiger partial charge < -0.3 is 0 Å². The summed E-state index contributed by atoms with van der Waals surface area (Å²) in [6.45, 7) is 14.3. The van der Waals surface area contributed by atoms with Gasteiger partial charge in [-0.15, -0.1) is 6.92 Å². The summed E-state index contributed by atoms with van der Waals surface area (Å²) in [6.07, 6.45) is 1.40. The highest BCUT2D eigenvalue weighted by Crippen LogP contribution is 2.26. The molecule has 0 aromatic rings. The Kier molecular flexibility index (Phi) is 7.19. The van der Waals surface area contributed by atoms with Crippen LogP contribution in [0, 0.1) is 11.8 Å². The molecule has 0 aliphatic heterocycles. The molecular formula is C12H27Al-. The minimum Gasteiger partial charge on any atom is -0.220 e. The van der Waals surface area contributed by atoms with Crippen LogP contribution in [0.2, 0.25) is 15.3 Å². The molecule has 1 radical (unpaired) electrons. The van der Waals surface area contributed by atoms with Crippen LogP contribution in [-0.2, 0) is 0 Å². The normalized spacial score (nSPS) is 14.5. The Morgan fingerprint density at radius 3 is 1.46 bits per heavy atom. The standard InChI is InChI=1S/3C4H9.Al/c2*1-4(2)3;1-3-4-2;/h2*4H,1H2,2-3H3;3H,4H2,1-2H3;/q;;;-1. The molecule has 1 heteroatoms. The third-order valence-electron chi connectivity index (χ3n) is 3.00. The molecule has 79 valence electrons. The summed E-state index contributed by atoms with van der Waals surface area (Å²) in [7, 11) is 0. The molecule has 13 heavy (non-hydrogen) atoms. The van der Waals surface area contributed by atoms with Crippen LogP contribution >= 0.6 is 0 Å². The highest BCUT2D eigenvalue weighted by Gasteiger charge is 2.10. The minimum atomic E-state index is -0.444. The van der Waals surface area contributed by atoms with Gasteiger partial charge in [-0.3, -0.25) is 0 Å². The first-order valence-corrected chi connectivity index (χ1v) is 8.27. The lowest BCUT2D eigenvalue weighted by molar-refractivity contribution is 0.669. The number of hydrogen-bond acceptors (Lipinski definition) is 0. The van der Waals surface area contributed by atoms with Crippen LogP contribution in [0.4, 0.5) is 0 Å². The lowest BCUT2D eigenvalue weighted by Gasteiger charge is -2.34. The second-order valence-electron chi connectivity index (χ2n) is 5.40. The quantitative estimate of drug-likeness (QED) is 0.547. The lowest BCUT2D eigenvalue weighted by atomic mass is 10.3. The third-order valence-corrected chi connectivity index (χ3v) is 8.17. The van der Waals surface area contributed by atoms with Crippen molar-refractivity contribution in [2.24, 2.45) is 11.8 Å². The summed E-state index contributed by atoms with van der Waals surface area (Å²) in [5.41, 5.74) is 0. The van der Waals surface area contributed by atoms with Gasteiger partial charge in [0.25, 0.3) is 0 Å². The Balaban J connectivity index is 4.02. The zero-order chi connectivity index (χ0) is 10.4. The van der Waals surface area contributed by atoms with E-state index in [2.05, 4.69) is 41.5 Å². The average Bonchev–Trinajstić information content (AvgIpc) is 2.00. The highest BCUT2D eigenvalue weighted by atomic mass is 27.2. The van der Waals surface area contributed by atoms with Gasteiger partial charge in [0, 0.05) is 0 Å². The molecule has 0 bridgehead atoms. The maximum Gasteiger partial charge on any atom is -0.0280 e. The SMILES string of the molecule is CC[CH](C)[Al-]([CH2]C(C)C)[CH2]C(C)C. The third kappa shape index (κ3) is 6.58. The molecule has 0 heterocycles. The van der Waals surface area contributed by atoms with E-state index in [1.165, 1.54) is 6.42 Å². The second-order valence-corrected chi connectivity index (χ2v) is 9.01. The van der Waals surface area contributed by atoms with Crippen molar-refractivity contribution in [2.75, 3.05) is 0 Å². The van der Waals surface area contributed by atoms with Crippen LogP contribution in [0.1, 0.15) is 48.0 Å².